The topological polar surface area (TPSA) is 61.4 Å². The summed E-state index contributed by atoms with van der Waals surface area (Å²) >= 11 is 0. The summed E-state index contributed by atoms with van der Waals surface area (Å²) in [6.45, 7) is 1.31. The molecule has 2 aliphatic carbocycles. The van der Waals surface area contributed by atoms with Gasteiger partial charge < -0.3 is 15.7 Å². The highest BCUT2D eigenvalue weighted by atomic mass is 16.2. The molecule has 0 fully saturated rings. The number of nitrogens with one attached hydrogen (secondary N) is 2. The molecule has 0 atom stereocenters. The number of rotatable bonds is 11. The van der Waals surface area contributed by atoms with Gasteiger partial charge in [0.1, 0.15) is 0 Å². The van der Waals surface area contributed by atoms with Crippen LogP contribution in [0.2, 0.25) is 0 Å². The van der Waals surface area contributed by atoms with E-state index in [0.29, 0.717) is 24.9 Å². The Morgan fingerprint density at radius 3 is 2.04 bits per heavy atom. The largest absolute Gasteiger partial charge is 0.396 e. The molecule has 0 bridgehead atoms. The standard InChI is InChI=1S/C19H28N2O2/c22-14-8-2-1-7-13-20-18(23)15-21-19(16-9-3-4-10-16)17-11-5-6-12-17/h3-6,9-12,16-17,19,21-22H,1-2,7-8,13-15H2,(H,20,23). The number of hydrogen-bond donors (Lipinski definition) is 3. The van der Waals surface area contributed by atoms with Gasteiger partial charge in [-0.05, 0) is 12.8 Å². The molecular weight excluding hydrogens is 288 g/mol. The third-order valence-corrected chi connectivity index (χ3v) is 4.29. The van der Waals surface area contributed by atoms with Crippen LogP contribution in [0, 0.1) is 11.8 Å². The van der Waals surface area contributed by atoms with Crippen molar-refractivity contribution < 1.29 is 9.90 Å². The van der Waals surface area contributed by atoms with Crippen molar-refractivity contribution in [1.82, 2.24) is 10.6 Å². The van der Waals surface area contributed by atoms with Gasteiger partial charge in [-0.2, -0.15) is 0 Å². The maximum Gasteiger partial charge on any atom is 0.233 e. The number of carbonyl (C=O) groups is 1. The van der Waals surface area contributed by atoms with Crippen molar-refractivity contribution in [2.24, 2.45) is 11.8 Å². The van der Waals surface area contributed by atoms with Gasteiger partial charge in [0.15, 0.2) is 0 Å². The van der Waals surface area contributed by atoms with Gasteiger partial charge in [-0.3, -0.25) is 4.79 Å². The lowest BCUT2D eigenvalue weighted by atomic mass is 9.90. The first-order valence-electron chi connectivity index (χ1n) is 8.62. The summed E-state index contributed by atoms with van der Waals surface area (Å²) in [7, 11) is 0. The quantitative estimate of drug-likeness (QED) is 0.512. The van der Waals surface area contributed by atoms with E-state index in [1.807, 2.05) is 0 Å². The molecule has 4 heteroatoms. The minimum absolute atomic E-state index is 0.0501. The van der Waals surface area contributed by atoms with Gasteiger partial charge in [-0.15, -0.1) is 0 Å². The average Bonchev–Trinajstić information content (AvgIpc) is 3.25. The lowest BCUT2D eigenvalue weighted by Gasteiger charge is -2.26. The van der Waals surface area contributed by atoms with E-state index in [4.69, 9.17) is 5.11 Å². The molecule has 0 unspecified atom stereocenters. The maximum absolute atomic E-state index is 12.0. The van der Waals surface area contributed by atoms with Crippen molar-refractivity contribution in [3.05, 3.63) is 48.6 Å². The van der Waals surface area contributed by atoms with Gasteiger partial charge in [-0.1, -0.05) is 61.4 Å². The highest BCUT2D eigenvalue weighted by molar-refractivity contribution is 5.78. The Hall–Kier alpha value is -1.65. The number of carbonyl (C=O) groups excluding carboxylic acids is 1. The monoisotopic (exact) mass is 316 g/mol. The van der Waals surface area contributed by atoms with Crippen LogP contribution in [-0.4, -0.2) is 36.8 Å². The SMILES string of the molecule is O=C(CNC(C1C=CC=C1)C1C=CC=C1)NCCCCCCO. The Morgan fingerprint density at radius 2 is 1.48 bits per heavy atom. The minimum Gasteiger partial charge on any atom is -0.396 e. The van der Waals surface area contributed by atoms with E-state index in [9.17, 15) is 4.79 Å². The fraction of sp³-hybridized carbons (Fsp3) is 0.526. The van der Waals surface area contributed by atoms with Crippen LogP contribution >= 0.6 is 0 Å². The zero-order valence-corrected chi connectivity index (χ0v) is 13.7. The van der Waals surface area contributed by atoms with Gasteiger partial charge in [0, 0.05) is 31.0 Å². The van der Waals surface area contributed by atoms with Crippen molar-refractivity contribution in [3.8, 4) is 0 Å². The third-order valence-electron chi connectivity index (χ3n) is 4.29. The predicted molar refractivity (Wildman–Crippen MR) is 93.9 cm³/mol. The number of aliphatic hydroxyl groups excluding tert-OH is 1. The average molecular weight is 316 g/mol. The van der Waals surface area contributed by atoms with Gasteiger partial charge in [0.05, 0.1) is 6.54 Å². The lowest BCUT2D eigenvalue weighted by molar-refractivity contribution is -0.120. The van der Waals surface area contributed by atoms with Gasteiger partial charge in [0.25, 0.3) is 0 Å². The number of aliphatic hydroxyl groups is 1. The van der Waals surface area contributed by atoms with Crippen LogP contribution in [0.25, 0.3) is 0 Å². The molecule has 0 heterocycles. The van der Waals surface area contributed by atoms with E-state index in [2.05, 4.69) is 59.2 Å². The van der Waals surface area contributed by atoms with E-state index in [-0.39, 0.29) is 18.6 Å². The van der Waals surface area contributed by atoms with Crippen LogP contribution in [-0.2, 0) is 4.79 Å². The van der Waals surface area contributed by atoms with Crippen LogP contribution in [0.3, 0.4) is 0 Å². The van der Waals surface area contributed by atoms with Gasteiger partial charge in [-0.25, -0.2) is 0 Å². The summed E-state index contributed by atoms with van der Waals surface area (Å²) in [6, 6.07) is 0.218. The molecule has 2 aliphatic rings. The van der Waals surface area contributed by atoms with Gasteiger partial charge in [0.2, 0.25) is 5.91 Å². The highest BCUT2D eigenvalue weighted by Gasteiger charge is 2.25. The van der Waals surface area contributed by atoms with Crippen molar-refractivity contribution >= 4 is 5.91 Å². The zero-order chi connectivity index (χ0) is 16.3. The molecule has 1 amide bonds. The number of allylic oxidation sites excluding steroid dienone is 4. The molecule has 0 spiro atoms. The summed E-state index contributed by atoms with van der Waals surface area (Å²) in [5.41, 5.74) is 0. The lowest BCUT2D eigenvalue weighted by Crippen LogP contribution is -2.44. The van der Waals surface area contributed by atoms with Crippen molar-refractivity contribution in [2.75, 3.05) is 19.7 Å². The van der Waals surface area contributed by atoms with Crippen LogP contribution in [0.15, 0.2) is 48.6 Å². The predicted octanol–water partition coefficient (Wildman–Crippen LogP) is 2.10. The first-order chi connectivity index (χ1) is 11.3. The van der Waals surface area contributed by atoms with Crippen LogP contribution in [0.4, 0.5) is 0 Å². The second kappa shape index (κ2) is 10.2. The molecule has 4 nitrogen and oxygen atoms in total. The first kappa shape index (κ1) is 17.7. The summed E-state index contributed by atoms with van der Waals surface area (Å²) < 4.78 is 0. The van der Waals surface area contributed by atoms with Crippen LogP contribution in [0.1, 0.15) is 25.7 Å². The van der Waals surface area contributed by atoms with Crippen LogP contribution < -0.4 is 10.6 Å². The molecular formula is C19H28N2O2. The fourth-order valence-electron chi connectivity index (χ4n) is 3.00. The Balaban J connectivity index is 1.68. The molecule has 126 valence electrons. The normalized spacial score (nSPS) is 17.0. The zero-order valence-electron chi connectivity index (χ0n) is 13.7. The molecule has 0 saturated carbocycles. The summed E-state index contributed by atoms with van der Waals surface area (Å²) in [6.07, 6.45) is 20.9. The minimum atomic E-state index is 0.0501. The second-order valence-corrected chi connectivity index (χ2v) is 6.09. The van der Waals surface area contributed by atoms with Crippen molar-refractivity contribution in [2.45, 2.75) is 31.7 Å². The fourth-order valence-corrected chi connectivity index (χ4v) is 3.00. The Labute approximate surface area is 139 Å². The van der Waals surface area contributed by atoms with E-state index < -0.39 is 0 Å². The van der Waals surface area contributed by atoms with Crippen molar-refractivity contribution in [1.29, 1.82) is 0 Å². The maximum atomic E-state index is 12.0. The summed E-state index contributed by atoms with van der Waals surface area (Å²) in [4.78, 5) is 12.0. The summed E-state index contributed by atoms with van der Waals surface area (Å²) in [5, 5.41) is 15.1. The van der Waals surface area contributed by atoms with Gasteiger partial charge >= 0.3 is 0 Å². The Kier molecular flexibility index (Phi) is 7.84. The molecule has 3 N–H and O–H groups in total. The number of amides is 1. The molecule has 23 heavy (non-hydrogen) atoms. The van der Waals surface area contributed by atoms with E-state index >= 15 is 0 Å². The molecule has 0 radical (unpaired) electrons. The second-order valence-electron chi connectivity index (χ2n) is 6.09. The first-order valence-corrected chi connectivity index (χ1v) is 8.62. The Bertz CT molecular complexity index is 428. The number of unbranched alkanes of at least 4 members (excludes halogenated alkanes) is 3. The highest BCUT2D eigenvalue weighted by Crippen LogP contribution is 2.24. The van der Waals surface area contributed by atoms with Crippen molar-refractivity contribution in [3.63, 3.8) is 0 Å². The molecule has 2 rings (SSSR count). The smallest absolute Gasteiger partial charge is 0.233 e. The van der Waals surface area contributed by atoms with E-state index in [1.165, 1.54) is 0 Å². The van der Waals surface area contributed by atoms with E-state index in [0.717, 1.165) is 25.7 Å². The molecule has 0 aliphatic heterocycles. The molecule has 0 aromatic carbocycles. The Morgan fingerprint density at radius 1 is 0.913 bits per heavy atom. The number of hydrogen-bond acceptors (Lipinski definition) is 3. The molecule has 0 aromatic heterocycles. The van der Waals surface area contributed by atoms with Crippen LogP contribution in [0.5, 0.6) is 0 Å². The molecule has 0 aromatic rings. The molecule has 0 saturated heterocycles. The summed E-state index contributed by atoms with van der Waals surface area (Å²) in [5.74, 6) is 0.714. The third kappa shape index (κ3) is 6.16. The van der Waals surface area contributed by atoms with E-state index in [1.54, 1.807) is 0 Å².